The van der Waals surface area contributed by atoms with Crippen molar-refractivity contribution in [1.82, 2.24) is 9.78 Å². The highest BCUT2D eigenvalue weighted by molar-refractivity contribution is 5.92. The molecule has 108 valence electrons. The zero-order valence-electron chi connectivity index (χ0n) is 11.7. The smallest absolute Gasteiger partial charge is 0.360 e. The number of carbonyl (C=O) groups excluding carboxylic acids is 1. The highest BCUT2D eigenvalue weighted by atomic mass is 16.5. The van der Waals surface area contributed by atoms with Crippen LogP contribution in [-0.2, 0) is 11.3 Å². The van der Waals surface area contributed by atoms with E-state index in [0.717, 1.165) is 5.56 Å². The summed E-state index contributed by atoms with van der Waals surface area (Å²) in [6.45, 7) is 0.392. The summed E-state index contributed by atoms with van der Waals surface area (Å²) in [7, 11) is 2.77. The van der Waals surface area contributed by atoms with Crippen LogP contribution >= 0.6 is 0 Å². The SMILES string of the molecule is COC(=O)c1nn(Cc2ccc(C#N)c(OC)c2)cc1N. The maximum absolute atomic E-state index is 11.4. The van der Waals surface area contributed by atoms with Crippen LogP contribution in [-0.4, -0.2) is 30.0 Å². The fourth-order valence-electron chi connectivity index (χ4n) is 1.89. The minimum absolute atomic E-state index is 0.0816. The number of anilines is 1. The Morgan fingerprint density at radius 2 is 2.24 bits per heavy atom. The number of nitriles is 1. The van der Waals surface area contributed by atoms with E-state index in [-0.39, 0.29) is 11.4 Å². The molecule has 0 bridgehead atoms. The highest BCUT2D eigenvalue weighted by Crippen LogP contribution is 2.20. The van der Waals surface area contributed by atoms with Crippen molar-refractivity contribution >= 4 is 11.7 Å². The Balaban J connectivity index is 2.27. The molecule has 0 spiro atoms. The summed E-state index contributed by atoms with van der Waals surface area (Å²) >= 11 is 0. The molecule has 2 N–H and O–H groups in total. The zero-order valence-corrected chi connectivity index (χ0v) is 11.7. The van der Waals surface area contributed by atoms with Gasteiger partial charge in [0.05, 0.1) is 32.0 Å². The van der Waals surface area contributed by atoms with Crippen molar-refractivity contribution in [3.05, 3.63) is 41.2 Å². The molecule has 0 aliphatic heterocycles. The van der Waals surface area contributed by atoms with Gasteiger partial charge in [-0.25, -0.2) is 4.79 Å². The number of ether oxygens (including phenoxy) is 2. The van der Waals surface area contributed by atoms with Crippen LogP contribution in [0.3, 0.4) is 0 Å². The molecule has 0 fully saturated rings. The van der Waals surface area contributed by atoms with E-state index in [1.807, 2.05) is 6.07 Å². The minimum atomic E-state index is -0.580. The van der Waals surface area contributed by atoms with Crippen molar-refractivity contribution in [2.75, 3.05) is 20.0 Å². The molecule has 0 radical (unpaired) electrons. The van der Waals surface area contributed by atoms with Gasteiger partial charge in [0, 0.05) is 6.20 Å². The van der Waals surface area contributed by atoms with Crippen LogP contribution in [0.2, 0.25) is 0 Å². The normalized spacial score (nSPS) is 9.95. The van der Waals surface area contributed by atoms with E-state index in [2.05, 4.69) is 9.84 Å². The average Bonchev–Trinajstić information content (AvgIpc) is 2.86. The highest BCUT2D eigenvalue weighted by Gasteiger charge is 2.15. The number of aromatic nitrogens is 2. The lowest BCUT2D eigenvalue weighted by atomic mass is 10.1. The van der Waals surface area contributed by atoms with Crippen molar-refractivity contribution < 1.29 is 14.3 Å². The summed E-state index contributed by atoms with van der Waals surface area (Å²) in [4.78, 5) is 11.4. The molecule has 0 saturated carbocycles. The molecule has 2 aromatic rings. The van der Waals surface area contributed by atoms with Gasteiger partial charge >= 0.3 is 5.97 Å². The molecule has 2 rings (SSSR count). The number of benzene rings is 1. The first-order chi connectivity index (χ1) is 10.1. The van der Waals surface area contributed by atoms with Gasteiger partial charge in [0.15, 0.2) is 5.69 Å². The lowest BCUT2D eigenvalue weighted by Gasteiger charge is -2.06. The molecule has 1 aromatic heterocycles. The van der Waals surface area contributed by atoms with Gasteiger partial charge in [-0.3, -0.25) is 4.68 Å². The number of hydrogen-bond acceptors (Lipinski definition) is 6. The maximum atomic E-state index is 11.4. The monoisotopic (exact) mass is 286 g/mol. The van der Waals surface area contributed by atoms with Gasteiger partial charge in [-0.15, -0.1) is 0 Å². The molecule has 0 aliphatic carbocycles. The van der Waals surface area contributed by atoms with Crippen LogP contribution in [0.4, 0.5) is 5.69 Å². The van der Waals surface area contributed by atoms with E-state index in [1.165, 1.54) is 18.9 Å². The van der Waals surface area contributed by atoms with E-state index in [1.54, 1.807) is 24.4 Å². The number of carbonyl (C=O) groups is 1. The number of hydrogen-bond donors (Lipinski definition) is 1. The van der Waals surface area contributed by atoms with Crippen LogP contribution in [0, 0.1) is 11.3 Å². The molecule has 0 atom stereocenters. The van der Waals surface area contributed by atoms with Crippen LogP contribution < -0.4 is 10.5 Å². The van der Waals surface area contributed by atoms with Gasteiger partial charge < -0.3 is 15.2 Å². The fraction of sp³-hybridized carbons (Fsp3) is 0.214. The standard InChI is InChI=1S/C14H14N4O3/c1-20-12-5-9(3-4-10(12)6-15)7-18-8-11(16)13(17-18)14(19)21-2/h3-5,8H,7,16H2,1-2H3. The van der Waals surface area contributed by atoms with Crippen molar-refractivity contribution in [2.24, 2.45) is 0 Å². The third-order valence-electron chi connectivity index (χ3n) is 2.90. The van der Waals surface area contributed by atoms with Crippen molar-refractivity contribution in [3.8, 4) is 11.8 Å². The first-order valence-electron chi connectivity index (χ1n) is 6.07. The van der Waals surface area contributed by atoms with Crippen LogP contribution in [0.5, 0.6) is 5.75 Å². The van der Waals surface area contributed by atoms with Gasteiger partial charge in [0.2, 0.25) is 0 Å². The second-order valence-corrected chi connectivity index (χ2v) is 4.27. The molecule has 0 amide bonds. The Labute approximate surface area is 121 Å². The third-order valence-corrected chi connectivity index (χ3v) is 2.90. The Morgan fingerprint density at radius 1 is 1.48 bits per heavy atom. The summed E-state index contributed by atoms with van der Waals surface area (Å²) in [5, 5.41) is 13.0. The minimum Gasteiger partial charge on any atom is -0.495 e. The Bertz CT molecular complexity index is 715. The van der Waals surface area contributed by atoms with E-state index in [9.17, 15) is 4.79 Å². The van der Waals surface area contributed by atoms with Crippen LogP contribution in [0.1, 0.15) is 21.6 Å². The summed E-state index contributed by atoms with van der Waals surface area (Å²) in [5.41, 5.74) is 7.38. The molecule has 0 saturated heterocycles. The summed E-state index contributed by atoms with van der Waals surface area (Å²) in [6, 6.07) is 7.25. The quantitative estimate of drug-likeness (QED) is 0.846. The second-order valence-electron chi connectivity index (χ2n) is 4.27. The maximum Gasteiger partial charge on any atom is 0.360 e. The molecule has 7 nitrogen and oxygen atoms in total. The number of nitrogens with two attached hydrogens (primary N) is 1. The van der Waals surface area contributed by atoms with Gasteiger partial charge in [0.25, 0.3) is 0 Å². The van der Waals surface area contributed by atoms with Crippen molar-refractivity contribution in [1.29, 1.82) is 5.26 Å². The summed E-state index contributed by atoms with van der Waals surface area (Å²) < 4.78 is 11.3. The molecule has 7 heteroatoms. The van der Waals surface area contributed by atoms with E-state index >= 15 is 0 Å². The largest absolute Gasteiger partial charge is 0.495 e. The predicted octanol–water partition coefficient (Wildman–Crippen LogP) is 1.18. The molecule has 1 aromatic carbocycles. The summed E-state index contributed by atoms with van der Waals surface area (Å²) in [5.74, 6) is -0.0908. The Hall–Kier alpha value is -3.01. The van der Waals surface area contributed by atoms with Crippen molar-refractivity contribution in [3.63, 3.8) is 0 Å². The number of rotatable bonds is 4. The molecule has 0 unspecified atom stereocenters. The fourth-order valence-corrected chi connectivity index (χ4v) is 1.89. The van der Waals surface area contributed by atoms with E-state index in [4.69, 9.17) is 15.7 Å². The topological polar surface area (TPSA) is 103 Å². The molecule has 0 aliphatic rings. The summed E-state index contributed by atoms with van der Waals surface area (Å²) in [6.07, 6.45) is 1.55. The van der Waals surface area contributed by atoms with Gasteiger partial charge in [-0.05, 0) is 17.7 Å². The lowest BCUT2D eigenvalue weighted by molar-refractivity contribution is 0.0594. The predicted molar refractivity (Wildman–Crippen MR) is 74.8 cm³/mol. The van der Waals surface area contributed by atoms with Gasteiger partial charge in [0.1, 0.15) is 11.8 Å². The first-order valence-corrected chi connectivity index (χ1v) is 6.07. The Kier molecular flexibility index (Phi) is 4.09. The number of nitrogens with zero attached hydrogens (tertiary/aromatic N) is 3. The number of nitrogen functional groups attached to an aromatic ring is 1. The molecule has 21 heavy (non-hydrogen) atoms. The van der Waals surface area contributed by atoms with Crippen LogP contribution in [0.25, 0.3) is 0 Å². The molecular weight excluding hydrogens is 272 g/mol. The van der Waals surface area contributed by atoms with E-state index in [0.29, 0.717) is 17.9 Å². The number of methoxy groups -OCH3 is 2. The first kappa shape index (κ1) is 14.4. The molecule has 1 heterocycles. The lowest BCUT2D eigenvalue weighted by Crippen LogP contribution is -2.07. The zero-order chi connectivity index (χ0) is 15.4. The van der Waals surface area contributed by atoms with E-state index < -0.39 is 5.97 Å². The number of esters is 1. The van der Waals surface area contributed by atoms with Gasteiger partial charge in [-0.1, -0.05) is 6.07 Å². The molecular formula is C14H14N4O3. The van der Waals surface area contributed by atoms with Crippen LogP contribution in [0.15, 0.2) is 24.4 Å². The Morgan fingerprint density at radius 3 is 2.86 bits per heavy atom. The van der Waals surface area contributed by atoms with Crippen molar-refractivity contribution in [2.45, 2.75) is 6.54 Å². The second kappa shape index (κ2) is 5.96. The third kappa shape index (κ3) is 2.95. The average molecular weight is 286 g/mol. The van der Waals surface area contributed by atoms with Gasteiger partial charge in [-0.2, -0.15) is 10.4 Å².